The van der Waals surface area contributed by atoms with Crippen molar-refractivity contribution < 1.29 is 70.1 Å². The number of nitrogens with one attached hydrogen (secondary N) is 1. The van der Waals surface area contributed by atoms with Gasteiger partial charge in [0.15, 0.2) is 22.7 Å². The molecule has 1 saturated heterocycles. The fraction of sp³-hybridized carbons (Fsp3) is 0.600. The minimum absolute atomic E-state index is 0.501. The van der Waals surface area contributed by atoms with E-state index in [2.05, 4.69) is 18.1 Å². The van der Waals surface area contributed by atoms with Crippen LogP contribution in [0, 0.1) is 4.77 Å². The van der Waals surface area contributed by atoms with Crippen molar-refractivity contribution in [1.29, 1.82) is 0 Å². The van der Waals surface area contributed by atoms with E-state index in [9.17, 15) is 38.0 Å². The number of aliphatic hydroxyl groups excluding tert-OH is 1. The predicted molar refractivity (Wildman–Crippen MR) is 96.6 cm³/mol. The molecule has 0 saturated carbocycles. The molecule has 0 aliphatic carbocycles. The Morgan fingerprint density at radius 2 is 1.81 bits per heavy atom. The van der Waals surface area contributed by atoms with Crippen molar-refractivity contribution >= 4 is 35.7 Å². The Morgan fingerprint density at radius 3 is 2.31 bits per heavy atom. The largest absolute Gasteiger partial charge is 0.490 e. The molecule has 2 heterocycles. The highest BCUT2D eigenvalue weighted by Gasteiger charge is 2.66. The zero-order valence-corrected chi connectivity index (χ0v) is 18.6. The van der Waals surface area contributed by atoms with E-state index in [1.807, 2.05) is 0 Å². The van der Waals surface area contributed by atoms with E-state index in [-0.39, 0.29) is 0 Å². The zero-order chi connectivity index (χ0) is 24.8. The number of phosphoric ester groups is 1. The number of nitrogens with zero attached hydrogens (tertiary/aromatic N) is 1. The molecule has 1 fully saturated rings. The molecule has 0 bridgehead atoms. The summed E-state index contributed by atoms with van der Waals surface area (Å²) in [4.78, 5) is 48.7. The van der Waals surface area contributed by atoms with Gasteiger partial charge in [0.2, 0.25) is 0 Å². The van der Waals surface area contributed by atoms with Crippen LogP contribution in [0.4, 0.5) is 8.78 Å². The monoisotopic (exact) mass is 550 g/mol. The van der Waals surface area contributed by atoms with Crippen LogP contribution in [-0.2, 0) is 31.6 Å². The van der Waals surface area contributed by atoms with Crippen molar-refractivity contribution in [2.45, 2.75) is 23.8 Å². The lowest BCUT2D eigenvalue weighted by Crippen LogP contribution is -2.52. The Balaban J connectivity index is 2.27. The third-order valence-corrected chi connectivity index (χ3v) is 7.87. The van der Waals surface area contributed by atoms with E-state index in [0.29, 0.717) is 4.57 Å². The molecule has 7 N–H and O–H groups in total. The molecule has 1 aliphatic heterocycles. The van der Waals surface area contributed by atoms with Crippen LogP contribution in [-0.4, -0.2) is 70.2 Å². The van der Waals surface area contributed by atoms with Crippen LogP contribution < -0.4 is 5.56 Å². The van der Waals surface area contributed by atoms with Crippen LogP contribution >= 0.6 is 35.7 Å². The maximum Gasteiger partial charge on any atom is 0.490 e. The van der Waals surface area contributed by atoms with Crippen molar-refractivity contribution in [2.75, 3.05) is 13.3 Å². The molecule has 6 atom stereocenters. The summed E-state index contributed by atoms with van der Waals surface area (Å²) in [5.41, 5.74) is -3.81. The maximum atomic E-state index is 15.2. The lowest BCUT2D eigenvalue weighted by molar-refractivity contribution is -0.204. The van der Waals surface area contributed by atoms with Crippen molar-refractivity contribution in [3.05, 3.63) is 27.4 Å². The predicted octanol–water partition coefficient (Wildman–Crippen LogP) is -0.495. The number of ether oxygens (including phenoxy) is 1. The van der Waals surface area contributed by atoms with Gasteiger partial charge in [-0.15, -0.1) is 0 Å². The molecule has 16 nitrogen and oxygen atoms in total. The molecule has 32 heavy (non-hydrogen) atoms. The van der Waals surface area contributed by atoms with Crippen LogP contribution in [0.3, 0.4) is 0 Å². The average Bonchev–Trinajstić information content (AvgIpc) is 2.80. The first-order valence-electron chi connectivity index (χ1n) is 7.77. The Morgan fingerprint density at radius 1 is 1.22 bits per heavy atom. The number of aliphatic hydroxyl groups is 2. The molecule has 0 amide bonds. The van der Waals surface area contributed by atoms with E-state index >= 15 is 4.39 Å². The molecule has 22 heteroatoms. The van der Waals surface area contributed by atoms with Gasteiger partial charge in [0.1, 0.15) is 13.3 Å². The number of H-pyrrole nitrogens is 1. The lowest BCUT2D eigenvalue weighted by Gasteiger charge is -2.29. The SMILES string of the molecule is O=c1ccn([C@@H]2O[C@](F)(COP(=O)(O)OP(=O)(O)OP(=O)(O)O)C(O)[C@]2(O)CF)c(=S)[nH]1. The van der Waals surface area contributed by atoms with Crippen LogP contribution in [0.25, 0.3) is 0 Å². The summed E-state index contributed by atoms with van der Waals surface area (Å²) in [6, 6.07) is 0.828. The summed E-state index contributed by atoms with van der Waals surface area (Å²) in [7, 11) is -17.5. The van der Waals surface area contributed by atoms with Gasteiger partial charge in [0.05, 0.1) is 0 Å². The Labute approximate surface area is 180 Å². The number of aromatic nitrogens is 2. The normalized spacial score (nSPS) is 32.4. The molecular weight excluding hydrogens is 535 g/mol. The number of aromatic amines is 1. The third-order valence-electron chi connectivity index (χ3n) is 3.78. The first-order chi connectivity index (χ1) is 14.3. The summed E-state index contributed by atoms with van der Waals surface area (Å²) < 4.78 is 78.1. The minimum atomic E-state index is -5.92. The Bertz CT molecular complexity index is 1120. The number of phosphoric acid groups is 3. The van der Waals surface area contributed by atoms with Gasteiger partial charge in [0, 0.05) is 12.3 Å². The summed E-state index contributed by atoms with van der Waals surface area (Å²) >= 11 is 4.78. The van der Waals surface area contributed by atoms with Gasteiger partial charge in [-0.05, 0) is 12.2 Å². The summed E-state index contributed by atoms with van der Waals surface area (Å²) in [6.45, 7) is -3.71. The first kappa shape index (κ1) is 27.5. The lowest BCUT2D eigenvalue weighted by atomic mass is 9.94. The topological polar surface area (TPSA) is 247 Å². The van der Waals surface area contributed by atoms with Crippen LogP contribution in [0.15, 0.2) is 17.1 Å². The van der Waals surface area contributed by atoms with Gasteiger partial charge < -0.3 is 34.5 Å². The molecule has 1 aromatic rings. The van der Waals surface area contributed by atoms with Crippen LogP contribution in [0.2, 0.25) is 0 Å². The maximum absolute atomic E-state index is 15.2. The second-order valence-electron chi connectivity index (χ2n) is 6.17. The van der Waals surface area contributed by atoms with Crippen molar-refractivity contribution in [3.63, 3.8) is 0 Å². The number of hydrogen-bond acceptors (Lipinski definition) is 11. The van der Waals surface area contributed by atoms with E-state index in [1.54, 1.807) is 0 Å². The molecule has 1 aromatic heterocycles. The van der Waals surface area contributed by atoms with Crippen LogP contribution in [0.1, 0.15) is 6.23 Å². The molecule has 1 aliphatic rings. The first-order valence-corrected chi connectivity index (χ1v) is 12.7. The molecule has 0 aromatic carbocycles. The van der Waals surface area contributed by atoms with Crippen molar-refractivity contribution in [1.82, 2.24) is 9.55 Å². The Kier molecular flexibility index (Phi) is 7.84. The molecule has 2 rings (SSSR count). The molecule has 184 valence electrons. The second-order valence-corrected chi connectivity index (χ2v) is 11.0. The summed E-state index contributed by atoms with van der Waals surface area (Å²) in [5.74, 6) is -3.68. The molecular formula is C10H15F2N2O14P3S. The fourth-order valence-electron chi connectivity index (χ4n) is 2.49. The highest BCUT2D eigenvalue weighted by atomic mass is 32.1. The van der Waals surface area contributed by atoms with Crippen molar-refractivity contribution in [2.24, 2.45) is 0 Å². The fourth-order valence-corrected chi connectivity index (χ4v) is 5.79. The molecule has 3 unspecified atom stereocenters. The quantitative estimate of drug-likeness (QED) is 0.151. The number of rotatable bonds is 9. The number of hydrogen-bond donors (Lipinski definition) is 7. The van der Waals surface area contributed by atoms with E-state index in [1.165, 1.54) is 0 Å². The third kappa shape index (κ3) is 6.22. The number of alkyl halides is 2. The summed E-state index contributed by atoms with van der Waals surface area (Å²) in [6.07, 6.45) is -4.12. The van der Waals surface area contributed by atoms with Gasteiger partial charge in [-0.3, -0.25) is 18.9 Å². The highest BCUT2D eigenvalue weighted by molar-refractivity contribution is 7.71. The molecule has 0 radical (unpaired) electrons. The number of halogens is 2. The summed E-state index contributed by atoms with van der Waals surface area (Å²) in [5, 5.41) is 20.5. The highest BCUT2D eigenvalue weighted by Crippen LogP contribution is 2.66. The van der Waals surface area contributed by atoms with E-state index in [0.717, 1.165) is 12.3 Å². The van der Waals surface area contributed by atoms with E-state index < -0.39 is 70.9 Å². The second kappa shape index (κ2) is 9.13. The Hall–Kier alpha value is -0.750. The van der Waals surface area contributed by atoms with Gasteiger partial charge >= 0.3 is 23.5 Å². The minimum Gasteiger partial charge on any atom is -0.384 e. The van der Waals surface area contributed by atoms with Gasteiger partial charge in [0.25, 0.3) is 11.4 Å². The van der Waals surface area contributed by atoms with Gasteiger partial charge in [-0.1, -0.05) is 0 Å². The van der Waals surface area contributed by atoms with Gasteiger partial charge in [-0.2, -0.15) is 8.62 Å². The standard InChI is InChI=1S/C10H15F2N2O14P3S/c11-3-9(17)6(16)10(12,26-7(9)14-2-1-5(15)13-8(14)32)4-25-30(21,22)28-31(23,24)27-29(18,19)20/h1-2,6-7,16-17H,3-4H2,(H,21,22)(H,23,24)(H,13,15,32)(H2,18,19,20)/t6?,7-,9-,10-/m1/s1. The average molecular weight is 550 g/mol. The molecule has 0 spiro atoms. The van der Waals surface area contributed by atoms with Crippen molar-refractivity contribution in [3.8, 4) is 0 Å². The van der Waals surface area contributed by atoms with E-state index in [4.69, 9.17) is 31.6 Å². The zero-order valence-electron chi connectivity index (χ0n) is 15.1. The van der Waals surface area contributed by atoms with Gasteiger partial charge in [-0.25, -0.2) is 22.5 Å². The van der Waals surface area contributed by atoms with Crippen LogP contribution in [0.5, 0.6) is 0 Å². The smallest absolute Gasteiger partial charge is 0.384 e.